The summed E-state index contributed by atoms with van der Waals surface area (Å²) in [6.45, 7) is 1.83. The first-order valence-electron chi connectivity index (χ1n) is 7.41. The molecule has 2 aromatic carbocycles. The fourth-order valence-corrected chi connectivity index (χ4v) is 2.91. The molecule has 0 aliphatic carbocycles. The molecule has 6 heteroatoms. The second kappa shape index (κ2) is 7.31. The summed E-state index contributed by atoms with van der Waals surface area (Å²) in [5.41, 5.74) is 1.48. The Bertz CT molecular complexity index is 816. The molecule has 1 heterocycles. The highest BCUT2D eigenvalue weighted by molar-refractivity contribution is 8.00. The van der Waals surface area contributed by atoms with Crippen molar-refractivity contribution < 1.29 is 13.9 Å². The van der Waals surface area contributed by atoms with Crippen LogP contribution in [-0.2, 0) is 0 Å². The van der Waals surface area contributed by atoms with Gasteiger partial charge in [0.25, 0.3) is 5.22 Å². The lowest BCUT2D eigenvalue weighted by molar-refractivity contribution is 0.0993. The molecule has 0 aliphatic heterocycles. The fraction of sp³-hybridized carbons (Fsp3) is 0.167. The highest BCUT2D eigenvalue weighted by atomic mass is 32.2. The smallest absolute Gasteiger partial charge is 0.277 e. The molecule has 0 radical (unpaired) electrons. The summed E-state index contributed by atoms with van der Waals surface area (Å²) in [5, 5.41) is 8.12. The largest absolute Gasteiger partial charge is 0.497 e. The summed E-state index contributed by atoms with van der Waals surface area (Å²) < 4.78 is 10.8. The van der Waals surface area contributed by atoms with Gasteiger partial charge in [0.15, 0.2) is 5.78 Å². The minimum absolute atomic E-state index is 0.0322. The van der Waals surface area contributed by atoms with Crippen LogP contribution in [0.5, 0.6) is 5.75 Å². The molecule has 0 fully saturated rings. The van der Waals surface area contributed by atoms with Gasteiger partial charge in [0.2, 0.25) is 5.89 Å². The van der Waals surface area contributed by atoms with Crippen molar-refractivity contribution >= 4 is 17.5 Å². The van der Waals surface area contributed by atoms with Crippen molar-refractivity contribution in [1.29, 1.82) is 0 Å². The third-order valence-corrected chi connectivity index (χ3v) is 4.38. The summed E-state index contributed by atoms with van der Waals surface area (Å²) >= 11 is 1.26. The molecule has 1 aromatic heterocycles. The van der Waals surface area contributed by atoms with Gasteiger partial charge in [0.05, 0.1) is 12.4 Å². The summed E-state index contributed by atoms with van der Waals surface area (Å²) in [6, 6.07) is 16.5. The first-order chi connectivity index (χ1) is 11.7. The molecule has 0 bridgehead atoms. The van der Waals surface area contributed by atoms with E-state index in [-0.39, 0.29) is 11.0 Å². The number of benzene rings is 2. The van der Waals surface area contributed by atoms with Crippen LogP contribution < -0.4 is 4.74 Å². The Balaban J connectivity index is 1.70. The number of hydrogen-bond donors (Lipinski definition) is 0. The summed E-state index contributed by atoms with van der Waals surface area (Å²) in [5.74, 6) is 1.21. The minimum Gasteiger partial charge on any atom is -0.497 e. The molecule has 0 aliphatic rings. The number of methoxy groups -OCH3 is 1. The summed E-state index contributed by atoms with van der Waals surface area (Å²) in [6.07, 6.45) is 0. The van der Waals surface area contributed by atoms with Crippen molar-refractivity contribution in [1.82, 2.24) is 10.2 Å². The predicted octanol–water partition coefficient (Wildman–Crippen LogP) is 4.11. The van der Waals surface area contributed by atoms with Gasteiger partial charge in [-0.3, -0.25) is 4.79 Å². The number of thioether (sulfide) groups is 1. The van der Waals surface area contributed by atoms with E-state index in [9.17, 15) is 4.79 Å². The van der Waals surface area contributed by atoms with Crippen molar-refractivity contribution in [2.45, 2.75) is 17.4 Å². The van der Waals surface area contributed by atoms with Crippen molar-refractivity contribution in [3.63, 3.8) is 0 Å². The highest BCUT2D eigenvalue weighted by Gasteiger charge is 2.19. The van der Waals surface area contributed by atoms with E-state index in [1.54, 1.807) is 19.2 Å². The maximum atomic E-state index is 12.4. The zero-order valence-electron chi connectivity index (χ0n) is 13.3. The van der Waals surface area contributed by atoms with Gasteiger partial charge in [-0.25, -0.2) is 0 Å². The standard InChI is InChI=1S/C18H16N2O3S/c1-12(16(21)13-6-4-3-5-7-13)24-18-20-19-17(23-18)14-8-10-15(22-2)11-9-14/h3-12H,1-2H3. The fourth-order valence-electron chi connectivity index (χ4n) is 2.15. The molecule has 1 atom stereocenters. The molecule has 0 saturated heterocycles. The average molecular weight is 340 g/mol. The summed E-state index contributed by atoms with van der Waals surface area (Å²) in [7, 11) is 1.61. The van der Waals surface area contributed by atoms with Gasteiger partial charge in [-0.15, -0.1) is 10.2 Å². The van der Waals surface area contributed by atoms with Gasteiger partial charge in [-0.1, -0.05) is 42.1 Å². The molecule has 0 amide bonds. The normalized spacial score (nSPS) is 11.9. The molecule has 5 nitrogen and oxygen atoms in total. The van der Waals surface area contributed by atoms with Gasteiger partial charge >= 0.3 is 0 Å². The molecule has 3 aromatic rings. The Morgan fingerprint density at radius 2 is 1.79 bits per heavy atom. The van der Waals surface area contributed by atoms with E-state index in [1.165, 1.54) is 11.8 Å². The number of hydrogen-bond acceptors (Lipinski definition) is 6. The van der Waals surface area contributed by atoms with Crippen molar-refractivity contribution in [2.24, 2.45) is 0 Å². The van der Waals surface area contributed by atoms with Crippen LogP contribution in [0, 0.1) is 0 Å². The lowest BCUT2D eigenvalue weighted by Crippen LogP contribution is -2.13. The Morgan fingerprint density at radius 1 is 1.08 bits per heavy atom. The second-order valence-electron chi connectivity index (χ2n) is 5.09. The van der Waals surface area contributed by atoms with E-state index >= 15 is 0 Å². The van der Waals surface area contributed by atoms with Crippen LogP contribution in [0.2, 0.25) is 0 Å². The quantitative estimate of drug-likeness (QED) is 0.497. The SMILES string of the molecule is COc1ccc(-c2nnc(SC(C)C(=O)c3ccccc3)o2)cc1. The van der Waals surface area contributed by atoms with E-state index in [4.69, 9.17) is 9.15 Å². The second-order valence-corrected chi connectivity index (χ2v) is 6.38. The average Bonchev–Trinajstić information content (AvgIpc) is 3.10. The predicted molar refractivity (Wildman–Crippen MR) is 92.4 cm³/mol. The van der Waals surface area contributed by atoms with E-state index in [0.717, 1.165) is 11.3 Å². The number of rotatable bonds is 6. The third-order valence-electron chi connectivity index (χ3n) is 3.45. The monoisotopic (exact) mass is 340 g/mol. The van der Waals surface area contributed by atoms with E-state index in [0.29, 0.717) is 16.7 Å². The number of aromatic nitrogens is 2. The van der Waals surface area contributed by atoms with E-state index in [2.05, 4.69) is 10.2 Å². The molecular weight excluding hydrogens is 324 g/mol. The summed E-state index contributed by atoms with van der Waals surface area (Å²) in [4.78, 5) is 12.4. The number of ether oxygens (including phenoxy) is 1. The van der Waals surface area contributed by atoms with Crippen LogP contribution in [0.3, 0.4) is 0 Å². The molecule has 24 heavy (non-hydrogen) atoms. The van der Waals surface area contributed by atoms with Gasteiger partial charge in [-0.05, 0) is 31.2 Å². The Labute approximate surface area is 144 Å². The van der Waals surface area contributed by atoms with Crippen LogP contribution >= 0.6 is 11.8 Å². The van der Waals surface area contributed by atoms with E-state index in [1.807, 2.05) is 49.4 Å². The minimum atomic E-state index is -0.309. The first-order valence-corrected chi connectivity index (χ1v) is 8.29. The topological polar surface area (TPSA) is 65.2 Å². The molecule has 1 unspecified atom stereocenters. The van der Waals surface area contributed by atoms with Crippen LogP contribution in [0.25, 0.3) is 11.5 Å². The lowest BCUT2D eigenvalue weighted by atomic mass is 10.1. The maximum Gasteiger partial charge on any atom is 0.277 e. The van der Waals surface area contributed by atoms with Gasteiger partial charge in [0.1, 0.15) is 5.75 Å². The number of carbonyl (C=O) groups is 1. The third kappa shape index (κ3) is 3.65. The lowest BCUT2D eigenvalue weighted by Gasteiger charge is -2.06. The number of nitrogens with zero attached hydrogens (tertiary/aromatic N) is 2. The Kier molecular flexibility index (Phi) is 4.96. The van der Waals surface area contributed by atoms with Gasteiger partial charge in [0, 0.05) is 11.1 Å². The van der Waals surface area contributed by atoms with Crippen LogP contribution in [0.1, 0.15) is 17.3 Å². The van der Waals surface area contributed by atoms with Gasteiger partial charge in [-0.2, -0.15) is 0 Å². The van der Waals surface area contributed by atoms with Crippen molar-refractivity contribution in [3.8, 4) is 17.2 Å². The zero-order chi connectivity index (χ0) is 16.9. The van der Waals surface area contributed by atoms with Gasteiger partial charge < -0.3 is 9.15 Å². The Morgan fingerprint density at radius 3 is 2.46 bits per heavy atom. The van der Waals surface area contributed by atoms with Crippen LogP contribution in [0.15, 0.2) is 64.2 Å². The number of Topliss-reactive ketones (excluding diaryl/α,β-unsaturated/α-hetero) is 1. The van der Waals surface area contributed by atoms with Crippen LogP contribution in [-0.4, -0.2) is 28.3 Å². The highest BCUT2D eigenvalue weighted by Crippen LogP contribution is 2.28. The Hall–Kier alpha value is -2.60. The molecule has 0 saturated carbocycles. The van der Waals surface area contributed by atoms with E-state index < -0.39 is 0 Å². The zero-order valence-corrected chi connectivity index (χ0v) is 14.1. The molecule has 122 valence electrons. The van der Waals surface area contributed by atoms with Crippen LogP contribution in [0.4, 0.5) is 0 Å². The molecule has 0 spiro atoms. The number of carbonyl (C=O) groups excluding carboxylic acids is 1. The maximum absolute atomic E-state index is 12.4. The first kappa shape index (κ1) is 16.3. The number of ketones is 1. The van der Waals surface area contributed by atoms with Crippen molar-refractivity contribution in [3.05, 3.63) is 60.2 Å². The molecular formula is C18H16N2O3S. The van der Waals surface area contributed by atoms with Crippen molar-refractivity contribution in [2.75, 3.05) is 7.11 Å². The molecule has 3 rings (SSSR count). The molecule has 0 N–H and O–H groups in total.